The molecule has 1 unspecified atom stereocenters. The molecule has 1 aromatic rings. The number of hydrogen-bond acceptors (Lipinski definition) is 5. The van der Waals surface area contributed by atoms with Gasteiger partial charge >= 0.3 is 0 Å². The second-order valence-corrected chi connectivity index (χ2v) is 6.31. The fourth-order valence-corrected chi connectivity index (χ4v) is 2.05. The smallest absolute Gasteiger partial charge is 0.292 e. The average molecular weight is 336 g/mol. The molecule has 136 valence electrons. The summed E-state index contributed by atoms with van der Waals surface area (Å²) in [5, 5.41) is 8.68. The van der Waals surface area contributed by atoms with Gasteiger partial charge in [0.15, 0.2) is 0 Å². The molecule has 0 radical (unpaired) electrons. The summed E-state index contributed by atoms with van der Waals surface area (Å²) in [5.41, 5.74) is -0.367. The molecular weight excluding hydrogens is 306 g/mol. The van der Waals surface area contributed by atoms with Crippen molar-refractivity contribution in [2.24, 2.45) is 5.92 Å². The molecule has 0 saturated carbocycles. The number of amides is 1. The lowest BCUT2D eigenvalue weighted by atomic mass is 9.94. The van der Waals surface area contributed by atoms with E-state index in [1.807, 2.05) is 34.6 Å². The summed E-state index contributed by atoms with van der Waals surface area (Å²) in [6, 6.07) is 0. The number of hydrogen-bond donors (Lipinski definition) is 2. The maximum Gasteiger partial charge on any atom is 0.292 e. The fraction of sp³-hybridized carbons (Fsp3) is 0.800. The van der Waals surface area contributed by atoms with E-state index in [0.29, 0.717) is 18.9 Å². The van der Waals surface area contributed by atoms with Gasteiger partial charge < -0.3 is 15.2 Å². The maximum atomic E-state index is 13.6. The molecule has 0 aliphatic carbocycles. The van der Waals surface area contributed by atoms with Gasteiger partial charge in [0, 0.05) is 20.7 Å². The van der Waals surface area contributed by atoms with Gasteiger partial charge in [-0.3, -0.25) is 4.79 Å². The van der Waals surface area contributed by atoms with Crippen LogP contribution in [0.2, 0.25) is 0 Å². The molecule has 6 nitrogen and oxygen atoms in total. The highest BCUT2D eigenvalue weighted by Crippen LogP contribution is 2.28. The first-order chi connectivity index (χ1) is 10.7. The minimum atomic E-state index is -2.82. The zero-order chi connectivity index (χ0) is 17.7. The summed E-state index contributed by atoms with van der Waals surface area (Å²) in [7, 11) is 0. The third kappa shape index (κ3) is 5.23. The molecule has 1 aromatic heterocycles. The second-order valence-electron chi connectivity index (χ2n) is 6.31. The van der Waals surface area contributed by atoms with Gasteiger partial charge in [-0.25, -0.2) is 8.78 Å². The summed E-state index contributed by atoms with van der Waals surface area (Å²) in [5.74, 6) is -4.09. The van der Waals surface area contributed by atoms with E-state index in [2.05, 4.69) is 20.8 Å². The van der Waals surface area contributed by atoms with Gasteiger partial charge in [-0.2, -0.15) is 4.98 Å². The van der Waals surface area contributed by atoms with Gasteiger partial charge in [-0.05, 0) is 13.0 Å². The maximum absolute atomic E-state index is 13.6. The van der Waals surface area contributed by atoms with Gasteiger partial charge in [0.2, 0.25) is 5.89 Å². The van der Waals surface area contributed by atoms with Crippen molar-refractivity contribution in [2.75, 3.05) is 19.6 Å². The molecular formula is C15H30F2N4O2. The van der Waals surface area contributed by atoms with E-state index in [0.717, 1.165) is 0 Å². The van der Waals surface area contributed by atoms with Gasteiger partial charge in [0.25, 0.3) is 17.7 Å². The first-order valence-corrected chi connectivity index (χ1v) is 7.91. The van der Waals surface area contributed by atoms with Gasteiger partial charge in [0.05, 0.1) is 6.54 Å². The van der Waals surface area contributed by atoms with E-state index in [1.54, 1.807) is 0 Å². The molecule has 0 spiro atoms. The number of rotatable bonds is 3. The van der Waals surface area contributed by atoms with E-state index in [1.165, 1.54) is 0 Å². The van der Waals surface area contributed by atoms with Crippen molar-refractivity contribution >= 4 is 5.91 Å². The van der Waals surface area contributed by atoms with Gasteiger partial charge in [0.1, 0.15) is 0 Å². The number of piperidine rings is 1. The van der Waals surface area contributed by atoms with Crippen LogP contribution in [0.1, 0.15) is 60.4 Å². The second kappa shape index (κ2) is 7.81. The molecule has 1 saturated heterocycles. The van der Waals surface area contributed by atoms with Crippen LogP contribution in [0.5, 0.6) is 0 Å². The van der Waals surface area contributed by atoms with Crippen molar-refractivity contribution in [3.63, 3.8) is 0 Å². The number of aromatic nitrogens is 2. The van der Waals surface area contributed by atoms with Gasteiger partial charge in [-0.1, -0.05) is 39.8 Å². The van der Waals surface area contributed by atoms with E-state index < -0.39 is 17.7 Å². The summed E-state index contributed by atoms with van der Waals surface area (Å²) in [6.45, 7) is 9.68. The normalized spacial score (nSPS) is 20.4. The molecule has 1 fully saturated rings. The lowest BCUT2D eigenvalue weighted by Gasteiger charge is -2.31. The highest BCUT2D eigenvalue weighted by Gasteiger charge is 2.41. The Morgan fingerprint density at radius 2 is 2.13 bits per heavy atom. The molecule has 0 bridgehead atoms. The highest BCUT2D eigenvalue weighted by molar-refractivity contribution is 5.90. The first-order valence-electron chi connectivity index (χ1n) is 7.91. The van der Waals surface area contributed by atoms with Crippen LogP contribution in [-0.4, -0.2) is 41.6 Å². The van der Waals surface area contributed by atoms with Crippen LogP contribution in [0.4, 0.5) is 8.78 Å². The topological polar surface area (TPSA) is 80.0 Å². The van der Waals surface area contributed by atoms with Crippen molar-refractivity contribution in [2.45, 2.75) is 52.4 Å². The Morgan fingerprint density at radius 1 is 1.48 bits per heavy atom. The zero-order valence-corrected chi connectivity index (χ0v) is 14.4. The van der Waals surface area contributed by atoms with Crippen LogP contribution in [0, 0.1) is 5.92 Å². The zero-order valence-electron chi connectivity index (χ0n) is 14.4. The van der Waals surface area contributed by atoms with E-state index in [4.69, 9.17) is 4.52 Å². The van der Waals surface area contributed by atoms with Crippen molar-refractivity contribution in [1.29, 1.82) is 0 Å². The average Bonchev–Trinajstić information content (AvgIpc) is 2.97. The first kappa shape index (κ1) is 19.5. The monoisotopic (exact) mass is 336 g/mol. The number of carbonyl (C=O) groups is 1. The molecule has 1 aliphatic heterocycles. The van der Waals surface area contributed by atoms with Crippen molar-refractivity contribution in [3.8, 4) is 0 Å². The molecule has 2 N–H and O–H groups in total. The molecule has 2 rings (SSSR count). The number of carbonyl (C=O) groups excluding carboxylic acids is 1. The number of alkyl halides is 2. The molecule has 1 atom stereocenters. The standard InChI is InChI=1S/C13H20F2N4O2.C2H6.2H2/c1-12(2,3)11-18-9(19-21-11)10(20)17-6-8-4-5-16-7-13(8,14)15;1-2;;/h8,16H,4-7H2,1-3H3,(H,17,20);1-2H3;2*1H. The lowest BCUT2D eigenvalue weighted by Crippen LogP contribution is -2.50. The third-order valence-corrected chi connectivity index (χ3v) is 3.41. The Kier molecular flexibility index (Phi) is 6.61. The quantitative estimate of drug-likeness (QED) is 0.887. The molecule has 1 aliphatic rings. The van der Waals surface area contributed by atoms with Gasteiger partial charge in [-0.15, -0.1) is 0 Å². The number of nitrogens with zero attached hydrogens (tertiary/aromatic N) is 2. The van der Waals surface area contributed by atoms with Crippen LogP contribution in [0.25, 0.3) is 0 Å². The number of halogens is 2. The molecule has 0 aromatic carbocycles. The Balaban J connectivity index is 0. The summed E-state index contributed by atoms with van der Waals surface area (Å²) >= 11 is 0. The van der Waals surface area contributed by atoms with Crippen LogP contribution >= 0.6 is 0 Å². The van der Waals surface area contributed by atoms with Crippen molar-refractivity contribution in [1.82, 2.24) is 20.8 Å². The van der Waals surface area contributed by atoms with Crippen LogP contribution < -0.4 is 10.6 Å². The Morgan fingerprint density at radius 3 is 2.65 bits per heavy atom. The number of nitrogens with one attached hydrogen (secondary N) is 2. The molecule has 8 heteroatoms. The predicted molar refractivity (Wildman–Crippen MR) is 86.8 cm³/mol. The predicted octanol–water partition coefficient (Wildman–Crippen LogP) is 2.86. The highest BCUT2D eigenvalue weighted by atomic mass is 19.3. The Bertz CT molecular complexity index is 522. The molecule has 23 heavy (non-hydrogen) atoms. The molecule has 2 heterocycles. The third-order valence-electron chi connectivity index (χ3n) is 3.41. The molecule has 1 amide bonds. The largest absolute Gasteiger partial charge is 0.349 e. The lowest BCUT2D eigenvalue weighted by molar-refractivity contribution is -0.0712. The minimum absolute atomic E-state index is 0. The van der Waals surface area contributed by atoms with E-state index in [9.17, 15) is 13.6 Å². The minimum Gasteiger partial charge on any atom is -0.349 e. The fourth-order valence-electron chi connectivity index (χ4n) is 2.05. The van der Waals surface area contributed by atoms with Crippen LogP contribution in [-0.2, 0) is 5.41 Å². The van der Waals surface area contributed by atoms with Crippen LogP contribution in [0.3, 0.4) is 0 Å². The van der Waals surface area contributed by atoms with Crippen molar-refractivity contribution in [3.05, 3.63) is 11.7 Å². The summed E-state index contributed by atoms with van der Waals surface area (Å²) < 4.78 is 32.2. The summed E-state index contributed by atoms with van der Waals surface area (Å²) in [6.07, 6.45) is 0.312. The van der Waals surface area contributed by atoms with Crippen molar-refractivity contribution < 1.29 is 21.0 Å². The SMILES string of the molecule is CC.CC(C)(C)c1nc(C(=O)NCC2CCNCC2(F)F)no1.[HH].[HH]. The Hall–Kier alpha value is -1.57. The van der Waals surface area contributed by atoms with E-state index >= 15 is 0 Å². The van der Waals surface area contributed by atoms with Crippen LogP contribution in [0.15, 0.2) is 4.52 Å². The van der Waals surface area contributed by atoms with E-state index in [-0.39, 0.29) is 27.2 Å². The summed E-state index contributed by atoms with van der Waals surface area (Å²) in [4.78, 5) is 15.9. The Labute approximate surface area is 138 Å².